The van der Waals surface area contributed by atoms with Crippen LogP contribution in [-0.4, -0.2) is 55.6 Å². The molecule has 0 aliphatic heterocycles. The van der Waals surface area contributed by atoms with E-state index in [0.29, 0.717) is 0 Å². The van der Waals surface area contributed by atoms with Crippen molar-refractivity contribution in [3.05, 3.63) is 12.0 Å². The molecule has 6 nitrogen and oxygen atoms in total. The van der Waals surface area contributed by atoms with Crippen molar-refractivity contribution < 1.29 is 30.6 Å². The first kappa shape index (κ1) is 11.2. The molecule has 3 atom stereocenters. The highest BCUT2D eigenvalue weighted by Crippen LogP contribution is 2.06. The van der Waals surface area contributed by atoms with Crippen LogP contribution < -0.4 is 0 Å². The summed E-state index contributed by atoms with van der Waals surface area (Å²) in [6, 6.07) is 0. The van der Waals surface area contributed by atoms with E-state index in [1.165, 1.54) is 0 Å². The Labute approximate surface area is 68.6 Å². The predicted molar refractivity (Wildman–Crippen MR) is 38.4 cm³/mol. The van der Waals surface area contributed by atoms with Crippen LogP contribution in [0.1, 0.15) is 0 Å². The molecule has 0 rings (SSSR count). The van der Waals surface area contributed by atoms with E-state index in [1.54, 1.807) is 0 Å². The van der Waals surface area contributed by atoms with E-state index in [0.717, 1.165) is 0 Å². The molecule has 0 aromatic carbocycles. The number of aliphatic hydroxyl groups excluding tert-OH is 6. The molecule has 12 heavy (non-hydrogen) atoms. The Morgan fingerprint density at radius 2 is 1.75 bits per heavy atom. The number of rotatable bonds is 4. The third-order valence-electron chi connectivity index (χ3n) is 1.34. The summed E-state index contributed by atoms with van der Waals surface area (Å²) in [6.45, 7) is -0.753. The average molecular weight is 180 g/mol. The van der Waals surface area contributed by atoms with Crippen molar-refractivity contribution in [1.82, 2.24) is 0 Å². The van der Waals surface area contributed by atoms with Crippen molar-refractivity contribution in [2.75, 3.05) is 6.61 Å². The highest BCUT2D eigenvalue weighted by molar-refractivity contribution is 4.97. The van der Waals surface area contributed by atoms with Crippen molar-refractivity contribution >= 4 is 0 Å². The lowest BCUT2D eigenvalue weighted by Crippen LogP contribution is -2.40. The van der Waals surface area contributed by atoms with Crippen molar-refractivity contribution in [2.45, 2.75) is 18.3 Å². The fourth-order valence-electron chi connectivity index (χ4n) is 0.570. The molecule has 72 valence electrons. The third-order valence-corrected chi connectivity index (χ3v) is 1.34. The monoisotopic (exact) mass is 180 g/mol. The Morgan fingerprint density at radius 3 is 2.08 bits per heavy atom. The Kier molecular flexibility index (Phi) is 4.60. The molecule has 6 N–H and O–H groups in total. The van der Waals surface area contributed by atoms with Crippen LogP contribution in [0.3, 0.4) is 0 Å². The van der Waals surface area contributed by atoms with Gasteiger partial charge in [0.15, 0.2) is 5.76 Å². The average Bonchev–Trinajstić information content (AvgIpc) is 2.12. The molecule has 0 radical (unpaired) electrons. The van der Waals surface area contributed by atoms with E-state index in [1.807, 2.05) is 0 Å². The molecule has 0 fully saturated rings. The van der Waals surface area contributed by atoms with Gasteiger partial charge in [-0.2, -0.15) is 0 Å². The molecular formula is C6H12O6. The van der Waals surface area contributed by atoms with Gasteiger partial charge in [-0.05, 0) is 0 Å². The van der Waals surface area contributed by atoms with E-state index in [4.69, 9.17) is 30.6 Å². The van der Waals surface area contributed by atoms with E-state index >= 15 is 0 Å². The fraction of sp³-hybridized carbons (Fsp3) is 0.667. The highest BCUT2D eigenvalue weighted by Gasteiger charge is 2.26. The van der Waals surface area contributed by atoms with Gasteiger partial charge in [-0.3, -0.25) is 0 Å². The van der Waals surface area contributed by atoms with Gasteiger partial charge in [0.25, 0.3) is 0 Å². The molecular weight excluding hydrogens is 168 g/mol. The maximum Gasteiger partial charge on any atom is 0.158 e. The van der Waals surface area contributed by atoms with Crippen LogP contribution in [-0.2, 0) is 0 Å². The van der Waals surface area contributed by atoms with Crippen LogP contribution in [0, 0.1) is 0 Å². The van der Waals surface area contributed by atoms with Gasteiger partial charge in [0, 0.05) is 0 Å². The normalized spacial score (nSPS) is 20.2. The minimum Gasteiger partial charge on any atom is -0.512 e. The highest BCUT2D eigenvalue weighted by atomic mass is 16.4. The number of hydrogen-bond acceptors (Lipinski definition) is 6. The Balaban J connectivity index is 4.18. The Bertz CT molecular complexity index is 156. The molecule has 0 amide bonds. The van der Waals surface area contributed by atoms with Gasteiger partial charge in [-0.1, -0.05) is 0 Å². The van der Waals surface area contributed by atoms with Gasteiger partial charge in [-0.15, -0.1) is 0 Å². The fourth-order valence-corrected chi connectivity index (χ4v) is 0.570. The first-order chi connectivity index (χ1) is 5.54. The first-order valence-corrected chi connectivity index (χ1v) is 3.22. The molecule has 6 heteroatoms. The molecule has 0 heterocycles. The zero-order chi connectivity index (χ0) is 9.72. The summed E-state index contributed by atoms with van der Waals surface area (Å²) in [5, 5.41) is 51.7. The number of hydrogen-bond donors (Lipinski definition) is 6. The molecule has 0 saturated heterocycles. The van der Waals surface area contributed by atoms with Gasteiger partial charge in [0.2, 0.25) is 0 Å². The van der Waals surface area contributed by atoms with Crippen LogP contribution >= 0.6 is 0 Å². The lowest BCUT2D eigenvalue weighted by molar-refractivity contribution is -0.0750. The Morgan fingerprint density at radius 1 is 1.25 bits per heavy atom. The van der Waals surface area contributed by atoms with Crippen LogP contribution in [0.4, 0.5) is 0 Å². The maximum atomic E-state index is 8.92. The summed E-state index contributed by atoms with van der Waals surface area (Å²) >= 11 is 0. The SMILES string of the molecule is O/C=C(/O)[C@@H](O)[C@@H](O)[C@H](O)CO. The summed E-state index contributed by atoms with van der Waals surface area (Å²) in [5.74, 6) is -0.880. The second kappa shape index (κ2) is 4.94. The van der Waals surface area contributed by atoms with Gasteiger partial charge in [0.1, 0.15) is 24.6 Å². The topological polar surface area (TPSA) is 121 Å². The van der Waals surface area contributed by atoms with Crippen LogP contribution in [0.15, 0.2) is 12.0 Å². The second-order valence-corrected chi connectivity index (χ2v) is 2.24. The van der Waals surface area contributed by atoms with Crippen molar-refractivity contribution in [3.8, 4) is 0 Å². The molecule has 0 aliphatic carbocycles. The smallest absolute Gasteiger partial charge is 0.158 e. The molecule has 0 aromatic heterocycles. The quantitative estimate of drug-likeness (QED) is 0.279. The summed E-state index contributed by atoms with van der Waals surface area (Å²) in [5.41, 5.74) is 0. The zero-order valence-electron chi connectivity index (χ0n) is 6.20. The minimum absolute atomic E-state index is 0.192. The molecule has 0 aliphatic rings. The molecule has 0 saturated carbocycles. The van der Waals surface area contributed by atoms with Crippen molar-refractivity contribution in [3.63, 3.8) is 0 Å². The van der Waals surface area contributed by atoms with E-state index in [-0.39, 0.29) is 6.26 Å². The summed E-state index contributed by atoms with van der Waals surface area (Å²) < 4.78 is 0. The second-order valence-electron chi connectivity index (χ2n) is 2.24. The lowest BCUT2D eigenvalue weighted by Gasteiger charge is -2.20. The van der Waals surface area contributed by atoms with E-state index in [2.05, 4.69) is 0 Å². The molecule has 0 spiro atoms. The van der Waals surface area contributed by atoms with Gasteiger partial charge in [0.05, 0.1) is 6.61 Å². The summed E-state index contributed by atoms with van der Waals surface area (Å²) in [7, 11) is 0. The van der Waals surface area contributed by atoms with E-state index in [9.17, 15) is 0 Å². The van der Waals surface area contributed by atoms with Crippen molar-refractivity contribution in [1.29, 1.82) is 0 Å². The zero-order valence-corrected chi connectivity index (χ0v) is 6.20. The van der Waals surface area contributed by atoms with E-state index < -0.39 is 30.7 Å². The summed E-state index contributed by atoms with van der Waals surface area (Å²) in [6.07, 6.45) is -4.92. The maximum absolute atomic E-state index is 8.92. The van der Waals surface area contributed by atoms with Gasteiger partial charge < -0.3 is 30.6 Å². The van der Waals surface area contributed by atoms with Crippen LogP contribution in [0.25, 0.3) is 0 Å². The third kappa shape index (κ3) is 2.67. The Hall–Kier alpha value is -0.820. The largest absolute Gasteiger partial charge is 0.512 e. The van der Waals surface area contributed by atoms with Gasteiger partial charge >= 0.3 is 0 Å². The number of aliphatic hydroxyl groups is 6. The van der Waals surface area contributed by atoms with Crippen LogP contribution in [0.2, 0.25) is 0 Å². The lowest BCUT2D eigenvalue weighted by atomic mass is 10.1. The molecule has 0 aromatic rings. The minimum atomic E-state index is -1.81. The van der Waals surface area contributed by atoms with Gasteiger partial charge in [-0.25, -0.2) is 0 Å². The van der Waals surface area contributed by atoms with Crippen molar-refractivity contribution in [2.24, 2.45) is 0 Å². The predicted octanol–water partition coefficient (Wildman–Crippen LogP) is -1.98. The standard InChI is InChI=1S/C6H12O6/c7-1-3(9)5(11)6(12)4(10)2-8/h1,4-12H,2H2/b3-1+/t4-,5-,6+/m1/s1. The molecule has 0 unspecified atom stereocenters. The first-order valence-electron chi connectivity index (χ1n) is 3.22. The molecule has 0 bridgehead atoms. The summed E-state index contributed by atoms with van der Waals surface area (Å²) in [4.78, 5) is 0. The van der Waals surface area contributed by atoms with Crippen LogP contribution in [0.5, 0.6) is 0 Å².